The van der Waals surface area contributed by atoms with E-state index >= 15 is 0 Å². The number of aromatic nitrogens is 2. The molecule has 0 saturated carbocycles. The Kier molecular flexibility index (Phi) is 3.77. The summed E-state index contributed by atoms with van der Waals surface area (Å²) in [6.07, 6.45) is 0. The Labute approximate surface area is 132 Å². The van der Waals surface area contributed by atoms with E-state index in [4.69, 9.17) is 4.74 Å². The highest BCUT2D eigenvalue weighted by molar-refractivity contribution is 7.14. The molecule has 6 heteroatoms. The summed E-state index contributed by atoms with van der Waals surface area (Å²) in [7, 11) is 1.64. The topological polar surface area (TPSA) is 64.1 Å². The number of ether oxygens (including phenoxy) is 1. The van der Waals surface area contributed by atoms with Crippen LogP contribution in [0.5, 0.6) is 5.75 Å². The highest BCUT2D eigenvalue weighted by Crippen LogP contribution is 2.31. The molecule has 2 aromatic heterocycles. The van der Waals surface area contributed by atoms with Gasteiger partial charge in [-0.1, -0.05) is 6.07 Å². The maximum Gasteiger partial charge on any atom is 0.223 e. The summed E-state index contributed by atoms with van der Waals surface area (Å²) in [5, 5.41) is 6.08. The van der Waals surface area contributed by atoms with Gasteiger partial charge in [0, 0.05) is 23.8 Å². The van der Waals surface area contributed by atoms with Gasteiger partial charge in [0.15, 0.2) is 5.13 Å². The number of methoxy groups -OCH3 is 1. The third-order valence-electron chi connectivity index (χ3n) is 3.20. The summed E-state index contributed by atoms with van der Waals surface area (Å²) < 4.78 is 5.47. The van der Waals surface area contributed by atoms with Gasteiger partial charge in [-0.25, -0.2) is 9.97 Å². The maximum absolute atomic E-state index is 11.1. The van der Waals surface area contributed by atoms with Crippen LogP contribution in [0.3, 0.4) is 0 Å². The second kappa shape index (κ2) is 5.73. The molecule has 0 saturated heterocycles. The first kappa shape index (κ1) is 14.5. The van der Waals surface area contributed by atoms with Crippen LogP contribution in [0.25, 0.3) is 22.3 Å². The van der Waals surface area contributed by atoms with E-state index in [1.54, 1.807) is 7.11 Å². The molecule has 3 aromatic rings. The second-order valence-corrected chi connectivity index (χ2v) is 5.81. The van der Waals surface area contributed by atoms with Gasteiger partial charge in [0.25, 0.3) is 0 Å². The summed E-state index contributed by atoms with van der Waals surface area (Å²) in [5.74, 6) is 0.620. The quantitative estimate of drug-likeness (QED) is 0.802. The fourth-order valence-electron chi connectivity index (χ4n) is 2.21. The van der Waals surface area contributed by atoms with Crippen molar-refractivity contribution >= 4 is 33.3 Å². The summed E-state index contributed by atoms with van der Waals surface area (Å²) in [6, 6.07) is 7.92. The van der Waals surface area contributed by atoms with Crippen LogP contribution in [0.1, 0.15) is 12.5 Å². The molecule has 0 atom stereocenters. The van der Waals surface area contributed by atoms with Gasteiger partial charge in [-0.2, -0.15) is 0 Å². The monoisotopic (exact) mass is 313 g/mol. The smallest absolute Gasteiger partial charge is 0.223 e. The van der Waals surface area contributed by atoms with Gasteiger partial charge in [-0.15, -0.1) is 11.3 Å². The fraction of sp³-hybridized carbons (Fsp3) is 0.188. The lowest BCUT2D eigenvalue weighted by molar-refractivity contribution is -0.114. The normalized spacial score (nSPS) is 10.7. The Morgan fingerprint density at radius 1 is 1.23 bits per heavy atom. The van der Waals surface area contributed by atoms with Crippen molar-refractivity contribution in [2.45, 2.75) is 13.8 Å². The Balaban J connectivity index is 2.10. The lowest BCUT2D eigenvalue weighted by Crippen LogP contribution is -2.05. The molecule has 0 radical (unpaired) electrons. The molecule has 22 heavy (non-hydrogen) atoms. The number of benzene rings is 1. The van der Waals surface area contributed by atoms with Crippen molar-refractivity contribution in [3.63, 3.8) is 0 Å². The van der Waals surface area contributed by atoms with Crippen molar-refractivity contribution in [3.05, 3.63) is 35.2 Å². The van der Waals surface area contributed by atoms with E-state index in [0.29, 0.717) is 5.13 Å². The minimum absolute atomic E-state index is 0.138. The zero-order valence-electron chi connectivity index (χ0n) is 12.5. The molecular weight excluding hydrogens is 298 g/mol. The average molecular weight is 313 g/mol. The Bertz CT molecular complexity index is 858. The molecule has 3 rings (SSSR count). The van der Waals surface area contributed by atoms with E-state index in [2.05, 4.69) is 15.3 Å². The fourth-order valence-corrected chi connectivity index (χ4v) is 2.96. The molecule has 112 valence electrons. The van der Waals surface area contributed by atoms with Gasteiger partial charge in [0.2, 0.25) is 5.91 Å². The number of aryl methyl sites for hydroxylation is 1. The second-order valence-electron chi connectivity index (χ2n) is 4.95. The molecule has 0 aliphatic heterocycles. The Morgan fingerprint density at radius 3 is 2.77 bits per heavy atom. The van der Waals surface area contributed by atoms with Crippen molar-refractivity contribution in [1.29, 1.82) is 0 Å². The van der Waals surface area contributed by atoms with Gasteiger partial charge in [0.1, 0.15) is 11.4 Å². The van der Waals surface area contributed by atoms with Crippen LogP contribution < -0.4 is 10.1 Å². The molecule has 1 N–H and O–H groups in total. The lowest BCUT2D eigenvalue weighted by Gasteiger charge is -2.08. The molecule has 0 fully saturated rings. The molecule has 1 aromatic carbocycles. The van der Waals surface area contributed by atoms with Crippen LogP contribution in [0, 0.1) is 6.92 Å². The Morgan fingerprint density at radius 2 is 2.05 bits per heavy atom. The summed E-state index contributed by atoms with van der Waals surface area (Å²) in [4.78, 5) is 20.1. The number of pyridine rings is 1. The predicted octanol–water partition coefficient (Wildman–Crippen LogP) is 3.63. The SMILES string of the molecule is COc1cc(-c2csc(NC(C)=O)n2)nc2cc(C)ccc12. The third-order valence-corrected chi connectivity index (χ3v) is 3.95. The van der Waals surface area contributed by atoms with E-state index in [9.17, 15) is 4.79 Å². The standard InChI is InChI=1S/C16H15N3O2S/c1-9-4-5-11-12(6-9)18-13(7-15(11)21-3)14-8-22-16(19-14)17-10(2)20/h4-8H,1-3H3,(H,17,19,20). The molecule has 0 aliphatic rings. The van der Waals surface area contributed by atoms with Gasteiger partial charge in [0.05, 0.1) is 18.3 Å². The van der Waals surface area contributed by atoms with Crippen LogP contribution in [-0.2, 0) is 4.79 Å². The molecule has 0 spiro atoms. The molecule has 2 heterocycles. The molecule has 1 amide bonds. The van der Waals surface area contributed by atoms with Crippen LogP contribution in [0.15, 0.2) is 29.6 Å². The van der Waals surface area contributed by atoms with E-state index in [0.717, 1.165) is 33.6 Å². The van der Waals surface area contributed by atoms with Gasteiger partial charge < -0.3 is 10.1 Å². The number of carbonyl (C=O) groups excluding carboxylic acids is 1. The zero-order chi connectivity index (χ0) is 15.7. The molecule has 5 nitrogen and oxygen atoms in total. The lowest BCUT2D eigenvalue weighted by atomic mass is 10.1. The molecule has 0 bridgehead atoms. The summed E-state index contributed by atoms with van der Waals surface area (Å²) in [6.45, 7) is 3.49. The number of hydrogen-bond donors (Lipinski definition) is 1. The third kappa shape index (κ3) is 2.78. The molecule has 0 aliphatic carbocycles. The van der Waals surface area contributed by atoms with Crippen molar-refractivity contribution in [1.82, 2.24) is 9.97 Å². The first-order chi connectivity index (χ1) is 10.6. The van der Waals surface area contributed by atoms with Crippen molar-refractivity contribution in [2.24, 2.45) is 0 Å². The van der Waals surface area contributed by atoms with Crippen LogP contribution >= 0.6 is 11.3 Å². The molecule has 0 unspecified atom stereocenters. The van der Waals surface area contributed by atoms with E-state index in [1.807, 2.05) is 36.6 Å². The number of hydrogen-bond acceptors (Lipinski definition) is 5. The average Bonchev–Trinajstić information content (AvgIpc) is 2.93. The van der Waals surface area contributed by atoms with Gasteiger partial charge in [-0.3, -0.25) is 4.79 Å². The number of thiazole rings is 1. The highest BCUT2D eigenvalue weighted by Gasteiger charge is 2.11. The van der Waals surface area contributed by atoms with E-state index < -0.39 is 0 Å². The van der Waals surface area contributed by atoms with Crippen molar-refractivity contribution in [2.75, 3.05) is 12.4 Å². The number of anilines is 1. The Hall–Kier alpha value is -2.47. The number of rotatable bonds is 3. The zero-order valence-corrected chi connectivity index (χ0v) is 13.3. The summed E-state index contributed by atoms with van der Waals surface area (Å²) >= 11 is 1.37. The number of nitrogens with one attached hydrogen (secondary N) is 1. The minimum Gasteiger partial charge on any atom is -0.496 e. The first-order valence-electron chi connectivity index (χ1n) is 6.75. The van der Waals surface area contributed by atoms with E-state index in [1.165, 1.54) is 18.3 Å². The number of amides is 1. The van der Waals surface area contributed by atoms with Crippen LogP contribution in [-0.4, -0.2) is 23.0 Å². The van der Waals surface area contributed by atoms with Gasteiger partial charge >= 0.3 is 0 Å². The van der Waals surface area contributed by atoms with Gasteiger partial charge in [-0.05, 0) is 24.6 Å². The van der Waals surface area contributed by atoms with E-state index in [-0.39, 0.29) is 5.91 Å². The van der Waals surface area contributed by atoms with Crippen LogP contribution in [0.2, 0.25) is 0 Å². The summed E-state index contributed by atoms with van der Waals surface area (Å²) in [5.41, 5.74) is 3.44. The first-order valence-corrected chi connectivity index (χ1v) is 7.63. The number of fused-ring (bicyclic) bond motifs is 1. The number of carbonyl (C=O) groups is 1. The van der Waals surface area contributed by atoms with Crippen molar-refractivity contribution in [3.8, 4) is 17.1 Å². The molecular formula is C16H15N3O2S. The largest absolute Gasteiger partial charge is 0.496 e. The highest BCUT2D eigenvalue weighted by atomic mass is 32.1. The van der Waals surface area contributed by atoms with Crippen molar-refractivity contribution < 1.29 is 9.53 Å². The maximum atomic E-state index is 11.1. The number of nitrogens with zero attached hydrogens (tertiary/aromatic N) is 2. The predicted molar refractivity (Wildman–Crippen MR) is 88.4 cm³/mol. The minimum atomic E-state index is -0.138. The van der Waals surface area contributed by atoms with Crippen LogP contribution in [0.4, 0.5) is 5.13 Å².